The molecule has 0 saturated carbocycles. The molecule has 3 aromatic rings. The molecule has 1 unspecified atom stereocenters. The molecule has 0 spiro atoms. The number of nitrogen functional groups attached to an aromatic ring is 1. The molecular formula is C28H29N7O2. The first-order valence-electron chi connectivity index (χ1n) is 11.8. The van der Waals surface area contributed by atoms with Gasteiger partial charge < -0.3 is 26.6 Å². The summed E-state index contributed by atoms with van der Waals surface area (Å²) in [6.45, 7) is 1.25. The van der Waals surface area contributed by atoms with Crippen molar-refractivity contribution in [3.05, 3.63) is 120 Å². The van der Waals surface area contributed by atoms with Crippen LogP contribution in [0.1, 0.15) is 22.9 Å². The number of nitrogens with zero attached hydrogens (tertiary/aromatic N) is 2. The second-order valence-corrected chi connectivity index (χ2v) is 8.48. The van der Waals surface area contributed by atoms with Gasteiger partial charge >= 0.3 is 0 Å². The van der Waals surface area contributed by atoms with Crippen LogP contribution < -0.4 is 21.7 Å². The van der Waals surface area contributed by atoms with E-state index in [1.165, 1.54) is 5.56 Å². The molecule has 0 fully saturated rings. The Balaban J connectivity index is 1.33. The molecule has 1 atom stereocenters. The van der Waals surface area contributed by atoms with E-state index < -0.39 is 11.9 Å². The molecule has 1 aromatic heterocycles. The number of amides is 2. The number of nitrogens with two attached hydrogens (primary N) is 1. The van der Waals surface area contributed by atoms with Gasteiger partial charge in [-0.3, -0.25) is 20.0 Å². The van der Waals surface area contributed by atoms with E-state index in [4.69, 9.17) is 11.1 Å². The summed E-state index contributed by atoms with van der Waals surface area (Å²) in [6, 6.07) is 21.5. The predicted molar refractivity (Wildman–Crippen MR) is 143 cm³/mol. The number of carbonyl (C=O) groups excluding carboxylic acids is 2. The van der Waals surface area contributed by atoms with E-state index in [2.05, 4.69) is 38.0 Å². The van der Waals surface area contributed by atoms with Crippen molar-refractivity contribution < 1.29 is 9.59 Å². The van der Waals surface area contributed by atoms with Gasteiger partial charge in [-0.2, -0.15) is 0 Å². The molecule has 9 nitrogen and oxygen atoms in total. The number of aromatic nitrogens is 1. The highest BCUT2D eigenvalue weighted by molar-refractivity contribution is 5.96. The Bertz CT molecular complexity index is 1310. The summed E-state index contributed by atoms with van der Waals surface area (Å²) in [4.78, 5) is 32.1. The zero-order valence-corrected chi connectivity index (χ0v) is 20.2. The molecule has 188 valence electrons. The van der Waals surface area contributed by atoms with E-state index in [-0.39, 0.29) is 18.3 Å². The van der Waals surface area contributed by atoms with Crippen molar-refractivity contribution in [2.75, 3.05) is 18.4 Å². The molecule has 37 heavy (non-hydrogen) atoms. The maximum atomic E-state index is 13.1. The van der Waals surface area contributed by atoms with Crippen LogP contribution in [-0.2, 0) is 16.1 Å². The van der Waals surface area contributed by atoms with Gasteiger partial charge in [0.25, 0.3) is 0 Å². The summed E-state index contributed by atoms with van der Waals surface area (Å²) < 4.78 is 0. The highest BCUT2D eigenvalue weighted by atomic mass is 16.2. The first-order chi connectivity index (χ1) is 18.0. The third kappa shape index (κ3) is 7.28. The standard InChI is InChI=1S/C28H29N7O2/c29-27(30)21-9-6-10-23(17-21)34-26(24-11-4-5-14-31-24)28(37)32-18-25(36)33-22-12-15-35(16-13-22)19-20-7-2-1-3-8-20/h1-15,17,26,34H,16,18-19H2,(H3,29,30)(H,32,37)(H,33,36). The summed E-state index contributed by atoms with van der Waals surface area (Å²) >= 11 is 0. The van der Waals surface area contributed by atoms with Crippen LogP contribution in [0.15, 0.2) is 103 Å². The molecule has 2 amide bonds. The van der Waals surface area contributed by atoms with Crippen LogP contribution in [0.4, 0.5) is 5.69 Å². The fourth-order valence-corrected chi connectivity index (χ4v) is 3.80. The van der Waals surface area contributed by atoms with Crippen molar-refractivity contribution in [1.82, 2.24) is 20.5 Å². The number of carbonyl (C=O) groups is 2. The van der Waals surface area contributed by atoms with Crippen molar-refractivity contribution in [2.24, 2.45) is 5.73 Å². The van der Waals surface area contributed by atoms with E-state index >= 15 is 0 Å². The van der Waals surface area contributed by atoms with E-state index in [1.54, 1.807) is 48.7 Å². The van der Waals surface area contributed by atoms with E-state index in [0.29, 0.717) is 29.2 Å². The lowest BCUT2D eigenvalue weighted by atomic mass is 10.1. The van der Waals surface area contributed by atoms with Gasteiger partial charge in [-0.25, -0.2) is 0 Å². The zero-order valence-electron chi connectivity index (χ0n) is 20.2. The summed E-state index contributed by atoms with van der Waals surface area (Å²) in [7, 11) is 0. The Morgan fingerprint density at radius 1 is 1.05 bits per heavy atom. The smallest absolute Gasteiger partial charge is 0.249 e. The van der Waals surface area contributed by atoms with Gasteiger partial charge in [0.2, 0.25) is 11.8 Å². The monoisotopic (exact) mass is 495 g/mol. The summed E-state index contributed by atoms with van der Waals surface area (Å²) in [5.74, 6) is -0.822. The van der Waals surface area contributed by atoms with Crippen LogP contribution in [-0.4, -0.2) is 40.6 Å². The molecule has 2 aromatic carbocycles. The van der Waals surface area contributed by atoms with Crippen LogP contribution in [0.25, 0.3) is 0 Å². The normalized spacial score (nSPS) is 13.3. The van der Waals surface area contributed by atoms with Gasteiger partial charge in [0.05, 0.1) is 12.2 Å². The summed E-state index contributed by atoms with van der Waals surface area (Å²) in [5.41, 5.74) is 9.10. The van der Waals surface area contributed by atoms with E-state index in [9.17, 15) is 9.59 Å². The Morgan fingerprint density at radius 2 is 1.86 bits per heavy atom. The molecule has 1 aliphatic rings. The molecule has 2 heterocycles. The van der Waals surface area contributed by atoms with Crippen LogP contribution in [0, 0.1) is 5.41 Å². The summed E-state index contributed by atoms with van der Waals surface area (Å²) in [5, 5.41) is 16.3. The largest absolute Gasteiger partial charge is 0.384 e. The van der Waals surface area contributed by atoms with Crippen molar-refractivity contribution >= 4 is 23.3 Å². The molecule has 4 rings (SSSR count). The number of benzene rings is 2. The quantitative estimate of drug-likeness (QED) is 0.217. The molecule has 6 N–H and O–H groups in total. The second-order valence-electron chi connectivity index (χ2n) is 8.48. The maximum absolute atomic E-state index is 13.1. The molecular weight excluding hydrogens is 466 g/mol. The zero-order chi connectivity index (χ0) is 26.0. The topological polar surface area (TPSA) is 136 Å². The average Bonchev–Trinajstić information content (AvgIpc) is 2.93. The van der Waals surface area contributed by atoms with Crippen LogP contribution >= 0.6 is 0 Å². The highest BCUT2D eigenvalue weighted by Crippen LogP contribution is 2.19. The Kier molecular flexibility index (Phi) is 8.28. The minimum Gasteiger partial charge on any atom is -0.384 e. The molecule has 1 aliphatic heterocycles. The lowest BCUT2D eigenvalue weighted by molar-refractivity contribution is -0.126. The molecule has 0 radical (unpaired) electrons. The van der Waals surface area contributed by atoms with Crippen LogP contribution in [0.2, 0.25) is 0 Å². The maximum Gasteiger partial charge on any atom is 0.249 e. The minimum absolute atomic E-state index is 0.0755. The number of hydrogen-bond donors (Lipinski definition) is 5. The first-order valence-corrected chi connectivity index (χ1v) is 11.8. The van der Waals surface area contributed by atoms with Crippen molar-refractivity contribution in [3.8, 4) is 0 Å². The lowest BCUT2D eigenvalue weighted by Crippen LogP contribution is -2.41. The fraction of sp³-hybridized carbons (Fsp3) is 0.143. The van der Waals surface area contributed by atoms with Gasteiger partial charge in [-0.1, -0.05) is 48.5 Å². The predicted octanol–water partition coefficient (Wildman–Crippen LogP) is 2.66. The Labute approximate surface area is 215 Å². The lowest BCUT2D eigenvalue weighted by Gasteiger charge is -2.23. The highest BCUT2D eigenvalue weighted by Gasteiger charge is 2.22. The van der Waals surface area contributed by atoms with Crippen LogP contribution in [0.5, 0.6) is 0 Å². The second kappa shape index (κ2) is 12.2. The van der Waals surface area contributed by atoms with Gasteiger partial charge in [-0.15, -0.1) is 0 Å². The molecule has 0 saturated heterocycles. The van der Waals surface area contributed by atoms with Crippen molar-refractivity contribution in [2.45, 2.75) is 12.6 Å². The average molecular weight is 496 g/mol. The number of allylic oxidation sites excluding steroid dienone is 1. The van der Waals surface area contributed by atoms with Crippen LogP contribution in [0.3, 0.4) is 0 Å². The third-order valence-corrected chi connectivity index (χ3v) is 5.68. The third-order valence-electron chi connectivity index (χ3n) is 5.68. The fourth-order valence-electron chi connectivity index (χ4n) is 3.80. The van der Waals surface area contributed by atoms with Gasteiger partial charge in [0.15, 0.2) is 0 Å². The number of pyridine rings is 1. The van der Waals surface area contributed by atoms with Crippen molar-refractivity contribution in [1.29, 1.82) is 5.41 Å². The first kappa shape index (κ1) is 25.2. The SMILES string of the molecule is N=C(N)c1cccc(NC(C(=O)NCC(=O)NC2=CCN(Cc3ccccc3)C=C2)c2ccccn2)c1. The number of amidine groups is 1. The van der Waals surface area contributed by atoms with Gasteiger partial charge in [0, 0.05) is 42.4 Å². The van der Waals surface area contributed by atoms with Gasteiger partial charge in [-0.05, 0) is 42.0 Å². The minimum atomic E-state index is -0.850. The molecule has 0 bridgehead atoms. The molecule has 9 heteroatoms. The van der Waals surface area contributed by atoms with E-state index in [0.717, 1.165) is 6.54 Å². The number of nitrogens with one attached hydrogen (secondary N) is 4. The summed E-state index contributed by atoms with van der Waals surface area (Å²) in [6.07, 6.45) is 7.31. The van der Waals surface area contributed by atoms with Gasteiger partial charge in [0.1, 0.15) is 11.9 Å². The number of anilines is 1. The van der Waals surface area contributed by atoms with E-state index in [1.807, 2.05) is 36.6 Å². The van der Waals surface area contributed by atoms with Crippen molar-refractivity contribution in [3.63, 3.8) is 0 Å². The number of hydrogen-bond acceptors (Lipinski definition) is 6. The molecule has 0 aliphatic carbocycles. The number of rotatable bonds is 10. The Hall–Kier alpha value is -4.92. The Morgan fingerprint density at radius 3 is 2.57 bits per heavy atom.